The number of hydrogen-bond donors (Lipinski definition) is 0. The quantitative estimate of drug-likeness (QED) is 0.311. The van der Waals surface area contributed by atoms with E-state index in [4.69, 9.17) is 9.47 Å². The fourth-order valence-corrected chi connectivity index (χ4v) is 11.2. The van der Waals surface area contributed by atoms with Gasteiger partial charge >= 0.3 is 6.09 Å². The van der Waals surface area contributed by atoms with Crippen LogP contribution < -0.4 is 9.64 Å². The Hall–Kier alpha value is -3.67. The van der Waals surface area contributed by atoms with Gasteiger partial charge in [-0.2, -0.15) is 17.0 Å². The highest BCUT2D eigenvalue weighted by Crippen LogP contribution is 2.46. The summed E-state index contributed by atoms with van der Waals surface area (Å²) in [6.07, 6.45) is 5.23. The van der Waals surface area contributed by atoms with Crippen molar-refractivity contribution < 1.29 is 36.3 Å². The second-order valence-electron chi connectivity index (χ2n) is 18.3. The third-order valence-electron chi connectivity index (χ3n) is 12.2. The molecule has 2 atom stereocenters. The highest BCUT2D eigenvalue weighted by Gasteiger charge is 2.53. The lowest BCUT2D eigenvalue weighted by Crippen LogP contribution is -2.62. The molecule has 0 N–H and O–H groups in total. The summed E-state index contributed by atoms with van der Waals surface area (Å²) >= 11 is 0. The molecule has 0 unspecified atom stereocenters. The molecule has 5 aliphatic heterocycles. The number of hydrogen-bond acceptors (Lipinski definition) is 10. The average molecular weight is 817 g/mol. The molecule has 1 aromatic carbocycles. The summed E-state index contributed by atoms with van der Waals surface area (Å²) in [6, 6.07) is 3.22. The van der Waals surface area contributed by atoms with Crippen LogP contribution in [0.4, 0.5) is 19.4 Å². The van der Waals surface area contributed by atoms with E-state index in [2.05, 4.69) is 19.8 Å². The predicted molar refractivity (Wildman–Crippen MR) is 211 cm³/mol. The van der Waals surface area contributed by atoms with Crippen molar-refractivity contribution in [2.75, 3.05) is 63.8 Å². The van der Waals surface area contributed by atoms with Gasteiger partial charge in [0.05, 0.1) is 17.8 Å². The number of alkyl halides is 1. The van der Waals surface area contributed by atoms with Gasteiger partial charge in [0.15, 0.2) is 11.6 Å². The number of likely N-dealkylation sites (tertiary alicyclic amines) is 2. The highest BCUT2D eigenvalue weighted by molar-refractivity contribution is 7.86. The molecule has 14 nitrogen and oxygen atoms in total. The number of piperazine rings is 1. The summed E-state index contributed by atoms with van der Waals surface area (Å²) in [5.41, 5.74) is -1.93. The lowest BCUT2D eigenvalue weighted by atomic mass is 9.71. The van der Waals surface area contributed by atoms with Crippen molar-refractivity contribution >= 4 is 28.0 Å². The van der Waals surface area contributed by atoms with Crippen LogP contribution >= 0.6 is 0 Å². The normalized spacial score (nSPS) is 24.0. The lowest BCUT2D eigenvalue weighted by molar-refractivity contribution is 0.00714. The Labute approximate surface area is 335 Å². The van der Waals surface area contributed by atoms with Gasteiger partial charge in [-0.25, -0.2) is 23.5 Å². The minimum Gasteiger partial charge on any atom is -0.451 e. The van der Waals surface area contributed by atoms with E-state index in [1.807, 2.05) is 48.5 Å². The molecule has 6 heterocycles. The molecule has 1 aromatic heterocycles. The number of benzene rings is 1. The summed E-state index contributed by atoms with van der Waals surface area (Å²) in [5, 5.41) is 0. The Bertz CT molecular complexity index is 1910. The highest BCUT2D eigenvalue weighted by atomic mass is 32.2. The molecule has 5 fully saturated rings. The minimum absolute atomic E-state index is 0.0415. The first-order valence-electron chi connectivity index (χ1n) is 20.3. The smallest absolute Gasteiger partial charge is 0.410 e. The van der Waals surface area contributed by atoms with Crippen LogP contribution in [0.15, 0.2) is 30.7 Å². The van der Waals surface area contributed by atoms with E-state index in [9.17, 15) is 22.4 Å². The predicted octanol–water partition coefficient (Wildman–Crippen LogP) is 5.31. The Kier molecular flexibility index (Phi) is 11.3. The number of ether oxygens (including phenoxy) is 2. The Morgan fingerprint density at radius 2 is 1.63 bits per heavy atom. The maximum atomic E-state index is 16.3. The van der Waals surface area contributed by atoms with E-state index in [-0.39, 0.29) is 85.8 Å². The van der Waals surface area contributed by atoms with Crippen molar-refractivity contribution in [2.24, 2.45) is 5.41 Å². The van der Waals surface area contributed by atoms with Crippen molar-refractivity contribution in [3.8, 4) is 11.5 Å². The Morgan fingerprint density at radius 1 is 0.965 bits per heavy atom. The fraction of sp³-hybridized carbons (Fsp3) is 0.700. The number of carbonyl (C=O) groups excluding carboxylic acids is 2. The van der Waals surface area contributed by atoms with Crippen LogP contribution in [0.5, 0.6) is 11.5 Å². The largest absolute Gasteiger partial charge is 0.451 e. The molecular weight excluding hydrogens is 759 g/mol. The molecule has 57 heavy (non-hydrogen) atoms. The van der Waals surface area contributed by atoms with Gasteiger partial charge in [0.1, 0.15) is 29.2 Å². The number of aromatic nitrogens is 2. The lowest BCUT2D eigenvalue weighted by Gasteiger charge is -2.55. The molecule has 2 amide bonds. The van der Waals surface area contributed by atoms with Crippen molar-refractivity contribution in [1.82, 2.24) is 33.3 Å². The Morgan fingerprint density at radius 3 is 2.23 bits per heavy atom. The molecule has 5 saturated heterocycles. The van der Waals surface area contributed by atoms with Crippen molar-refractivity contribution in [1.29, 1.82) is 0 Å². The number of fused-ring (bicyclic) bond motifs is 2. The van der Waals surface area contributed by atoms with Crippen LogP contribution in [0, 0.1) is 11.2 Å². The summed E-state index contributed by atoms with van der Waals surface area (Å²) in [5.74, 6) is 0.341. The molecule has 0 aliphatic carbocycles. The Balaban J connectivity index is 0.901. The summed E-state index contributed by atoms with van der Waals surface area (Å²) in [4.78, 5) is 42.6. The molecule has 2 bridgehead atoms. The van der Waals surface area contributed by atoms with Crippen molar-refractivity contribution in [2.45, 2.75) is 116 Å². The first-order chi connectivity index (χ1) is 26.8. The molecule has 0 radical (unpaired) electrons. The molecule has 1 spiro atoms. The average Bonchev–Trinajstić information content (AvgIpc) is 3.74. The van der Waals surface area contributed by atoms with E-state index in [0.29, 0.717) is 24.5 Å². The van der Waals surface area contributed by atoms with E-state index in [1.165, 1.54) is 33.1 Å². The summed E-state index contributed by atoms with van der Waals surface area (Å²) < 4.78 is 72.9. The number of anilines is 1. The zero-order chi connectivity index (χ0) is 41.1. The van der Waals surface area contributed by atoms with Crippen LogP contribution in [0.2, 0.25) is 0 Å². The molecule has 7 rings (SSSR count). The second kappa shape index (κ2) is 15.5. The van der Waals surface area contributed by atoms with E-state index in [0.717, 1.165) is 39.0 Å². The SMILES string of the molecule is CC(C)N(C(=O)c1cc(F)ccc1Oc1cncnc1N1CC2(CCN(CC3(F)CCN(S(=O)(=O)N4C[C@@H]5C[C@H]4CN5C(=O)OC(C)(C)C)CC3)CC2)C1)C(C)C. The molecule has 2 aromatic rings. The number of rotatable bonds is 10. The third-order valence-corrected chi connectivity index (χ3v) is 14.3. The fourth-order valence-electron chi connectivity index (χ4n) is 9.40. The maximum absolute atomic E-state index is 16.3. The van der Waals surface area contributed by atoms with Crippen LogP contribution in [-0.4, -0.2) is 148 Å². The zero-order valence-corrected chi connectivity index (χ0v) is 35.1. The topological polar surface area (TPSA) is 132 Å². The molecular formula is C40H58F2N8O6S. The minimum atomic E-state index is -3.79. The van der Waals surface area contributed by atoms with E-state index in [1.54, 1.807) is 16.0 Å². The summed E-state index contributed by atoms with van der Waals surface area (Å²) in [7, 11) is -3.79. The van der Waals surface area contributed by atoms with Gasteiger partial charge in [0.25, 0.3) is 16.1 Å². The van der Waals surface area contributed by atoms with Crippen LogP contribution in [0.1, 0.15) is 90.9 Å². The number of piperidine rings is 2. The van der Waals surface area contributed by atoms with E-state index < -0.39 is 33.4 Å². The molecule has 17 heteroatoms. The first-order valence-corrected chi connectivity index (χ1v) is 21.7. The van der Waals surface area contributed by atoms with Crippen molar-refractivity contribution in [3.63, 3.8) is 0 Å². The first kappa shape index (κ1) is 41.5. The van der Waals surface area contributed by atoms with Gasteiger partial charge in [0.2, 0.25) is 0 Å². The van der Waals surface area contributed by atoms with E-state index >= 15 is 4.39 Å². The van der Waals surface area contributed by atoms with Crippen LogP contribution in [-0.2, 0) is 14.9 Å². The van der Waals surface area contributed by atoms with Crippen LogP contribution in [0.25, 0.3) is 0 Å². The maximum Gasteiger partial charge on any atom is 0.410 e. The van der Waals surface area contributed by atoms with Gasteiger partial charge in [-0.3, -0.25) is 4.79 Å². The third kappa shape index (κ3) is 8.58. The number of carbonyl (C=O) groups is 2. The molecule has 314 valence electrons. The van der Waals surface area contributed by atoms with Gasteiger partial charge < -0.3 is 29.1 Å². The summed E-state index contributed by atoms with van der Waals surface area (Å²) in [6.45, 7) is 17.1. The van der Waals surface area contributed by atoms with Gasteiger partial charge in [-0.15, -0.1) is 0 Å². The van der Waals surface area contributed by atoms with Gasteiger partial charge in [-0.1, -0.05) is 0 Å². The van der Waals surface area contributed by atoms with Crippen LogP contribution in [0.3, 0.4) is 0 Å². The molecule has 5 aliphatic rings. The second-order valence-corrected chi connectivity index (χ2v) is 20.2. The van der Waals surface area contributed by atoms with Gasteiger partial charge in [-0.05, 0) is 112 Å². The number of halogens is 2. The number of nitrogens with zero attached hydrogens (tertiary/aromatic N) is 8. The van der Waals surface area contributed by atoms with Crippen molar-refractivity contribution in [3.05, 3.63) is 42.1 Å². The number of amides is 2. The molecule has 0 saturated carbocycles. The van der Waals surface area contributed by atoms with Gasteiger partial charge in [0, 0.05) is 69.4 Å². The zero-order valence-electron chi connectivity index (χ0n) is 34.3. The standard InChI is InChI=1S/C40H58F2N8O6S/c1-27(2)50(28(3)4)36(51)32-18-29(41)8-9-33(32)55-34-20-43-26-44-35(34)46-23-39(24-46)10-14-45(15-11-39)25-40(42)12-16-47(17-13-40)57(53,54)49-22-30-19-31(49)21-48(30)37(52)56-38(5,6)7/h8-9,18,20,26-28,30-31H,10-17,19,21-25H2,1-7H3/t30-,31-/m0/s1. The monoisotopic (exact) mass is 816 g/mol.